The topological polar surface area (TPSA) is 40.6 Å². The van der Waals surface area contributed by atoms with Crippen molar-refractivity contribution in [1.82, 2.24) is 0 Å². The summed E-state index contributed by atoms with van der Waals surface area (Å²) >= 11 is 0. The minimum Gasteiger partial charge on any atom is -0.305 e. The third kappa shape index (κ3) is 5.72. The van der Waals surface area contributed by atoms with Crippen LogP contribution >= 0.6 is 0 Å². The number of nitrogens with zero attached hydrogens (tertiary/aromatic N) is 2. The van der Waals surface area contributed by atoms with Crippen molar-refractivity contribution in [2.45, 2.75) is 65.0 Å². The number of unbranched alkanes of at least 4 members (excludes halogenated alkanes) is 2. The number of aryl methyl sites for hydroxylation is 2. The molecule has 0 saturated heterocycles. The number of anilines is 2. The fourth-order valence-electron chi connectivity index (χ4n) is 5.73. The van der Waals surface area contributed by atoms with Crippen LogP contribution in [-0.2, 0) is 6.42 Å². The third-order valence-electron chi connectivity index (χ3n) is 7.91. The molecule has 0 N–H and O–H groups in total. The Hall–Kier alpha value is -4.18. The average molecular weight is 531 g/mol. The summed E-state index contributed by atoms with van der Waals surface area (Å²) in [6.45, 7) is 6.31. The summed E-state index contributed by atoms with van der Waals surface area (Å²) in [5, 5.41) is 0. The number of carbonyl (C=O) groups excluding carboxylic acids is 2. The van der Waals surface area contributed by atoms with E-state index in [4.69, 9.17) is 0 Å². The molecule has 5 rings (SSSR count). The van der Waals surface area contributed by atoms with E-state index in [1.807, 2.05) is 102 Å². The highest BCUT2D eigenvalue weighted by molar-refractivity contribution is 6.09. The van der Waals surface area contributed by atoms with Gasteiger partial charge in [0, 0.05) is 28.5 Å². The van der Waals surface area contributed by atoms with E-state index in [1.54, 1.807) is 0 Å². The molecule has 4 aromatic rings. The molecule has 0 saturated carbocycles. The normalized spacial score (nSPS) is 16.3. The lowest BCUT2D eigenvalue weighted by Gasteiger charge is -2.43. The third-order valence-corrected chi connectivity index (χ3v) is 7.91. The molecule has 40 heavy (non-hydrogen) atoms. The first-order valence-corrected chi connectivity index (χ1v) is 14.4. The monoisotopic (exact) mass is 530 g/mol. The van der Waals surface area contributed by atoms with Crippen LogP contribution in [0.15, 0.2) is 103 Å². The Labute approximate surface area is 238 Å². The molecule has 2 amide bonds. The first-order chi connectivity index (χ1) is 19.5. The number of fused-ring (bicyclic) bond motifs is 1. The second kappa shape index (κ2) is 12.3. The van der Waals surface area contributed by atoms with Crippen molar-refractivity contribution in [2.75, 3.05) is 9.80 Å². The zero-order chi connectivity index (χ0) is 28.1. The maximum atomic E-state index is 14.1. The van der Waals surface area contributed by atoms with E-state index in [2.05, 4.69) is 32.0 Å². The molecule has 1 heterocycles. The second-order valence-electron chi connectivity index (χ2n) is 10.9. The van der Waals surface area contributed by atoms with Gasteiger partial charge in [-0.2, -0.15) is 0 Å². The van der Waals surface area contributed by atoms with Crippen molar-refractivity contribution in [3.8, 4) is 0 Å². The van der Waals surface area contributed by atoms with Gasteiger partial charge >= 0.3 is 0 Å². The predicted molar refractivity (Wildman–Crippen MR) is 164 cm³/mol. The lowest BCUT2D eigenvalue weighted by Crippen LogP contribution is -2.47. The molecular weight excluding hydrogens is 492 g/mol. The lowest BCUT2D eigenvalue weighted by molar-refractivity contribution is 0.0965. The molecule has 0 bridgehead atoms. The Balaban J connectivity index is 1.50. The molecular formula is C36H38N2O2. The van der Waals surface area contributed by atoms with E-state index in [0.717, 1.165) is 28.9 Å². The number of hydrogen-bond donors (Lipinski definition) is 0. The summed E-state index contributed by atoms with van der Waals surface area (Å²) in [6, 6.07) is 33.4. The van der Waals surface area contributed by atoms with Crippen molar-refractivity contribution in [2.24, 2.45) is 0 Å². The van der Waals surface area contributed by atoms with Gasteiger partial charge in [-0.1, -0.05) is 86.0 Å². The van der Waals surface area contributed by atoms with Crippen molar-refractivity contribution < 1.29 is 9.59 Å². The van der Waals surface area contributed by atoms with E-state index >= 15 is 0 Å². The Morgan fingerprint density at radius 3 is 2.15 bits per heavy atom. The molecule has 0 spiro atoms. The fourth-order valence-corrected chi connectivity index (χ4v) is 5.73. The molecule has 0 unspecified atom stereocenters. The van der Waals surface area contributed by atoms with Crippen molar-refractivity contribution in [3.05, 3.63) is 131 Å². The van der Waals surface area contributed by atoms with Gasteiger partial charge in [-0.3, -0.25) is 9.59 Å². The summed E-state index contributed by atoms with van der Waals surface area (Å²) in [5.41, 5.74) is 6.41. The number of carbonyl (C=O) groups is 2. The van der Waals surface area contributed by atoms with Gasteiger partial charge in [-0.25, -0.2) is 0 Å². The van der Waals surface area contributed by atoms with Gasteiger partial charge in [-0.15, -0.1) is 0 Å². The number of rotatable bonds is 8. The van der Waals surface area contributed by atoms with E-state index in [-0.39, 0.29) is 23.9 Å². The molecule has 4 aromatic carbocycles. The Morgan fingerprint density at radius 2 is 1.45 bits per heavy atom. The van der Waals surface area contributed by atoms with Crippen LogP contribution in [0.3, 0.4) is 0 Å². The maximum Gasteiger partial charge on any atom is 0.258 e. The molecule has 2 atom stereocenters. The van der Waals surface area contributed by atoms with Crippen LogP contribution in [0.2, 0.25) is 0 Å². The highest BCUT2D eigenvalue weighted by atomic mass is 16.2. The summed E-state index contributed by atoms with van der Waals surface area (Å²) in [6.07, 6.45) is 5.25. The van der Waals surface area contributed by atoms with Gasteiger partial charge in [0.2, 0.25) is 0 Å². The highest BCUT2D eigenvalue weighted by Crippen LogP contribution is 2.43. The summed E-state index contributed by atoms with van der Waals surface area (Å²) in [4.78, 5) is 31.8. The second-order valence-corrected chi connectivity index (χ2v) is 10.9. The molecule has 0 aliphatic carbocycles. The highest BCUT2D eigenvalue weighted by Gasteiger charge is 2.39. The lowest BCUT2D eigenvalue weighted by atomic mass is 9.89. The van der Waals surface area contributed by atoms with Gasteiger partial charge in [-0.05, 0) is 86.7 Å². The van der Waals surface area contributed by atoms with Crippen LogP contribution in [0.25, 0.3) is 0 Å². The average Bonchev–Trinajstić information content (AvgIpc) is 2.98. The Kier molecular flexibility index (Phi) is 8.45. The van der Waals surface area contributed by atoms with E-state index in [1.165, 1.54) is 24.8 Å². The van der Waals surface area contributed by atoms with Crippen molar-refractivity contribution >= 4 is 23.2 Å². The van der Waals surface area contributed by atoms with Gasteiger partial charge < -0.3 is 9.80 Å². The van der Waals surface area contributed by atoms with Crippen LogP contribution in [0.5, 0.6) is 0 Å². The standard InChI is InChI=1S/C36H38N2O2/c1-4-5-7-12-28-19-23-30(24-20-28)35(39)37-27(3)25-34(32-15-10-11-16-33(32)37)38(31-13-8-6-9-14-31)36(40)29-21-17-26(2)18-22-29/h6,8-11,13-24,27,34H,4-5,7,12,25H2,1-3H3/t27-,34-/m1/s1. The largest absolute Gasteiger partial charge is 0.305 e. The van der Waals surface area contributed by atoms with Crippen LogP contribution in [-0.4, -0.2) is 17.9 Å². The fraction of sp³-hybridized carbons (Fsp3) is 0.278. The van der Waals surface area contributed by atoms with Gasteiger partial charge in [0.05, 0.1) is 6.04 Å². The molecule has 4 nitrogen and oxygen atoms in total. The maximum absolute atomic E-state index is 14.1. The number of amides is 2. The first kappa shape index (κ1) is 27.4. The van der Waals surface area contributed by atoms with Gasteiger partial charge in [0.1, 0.15) is 0 Å². The molecule has 0 fully saturated rings. The van der Waals surface area contributed by atoms with Crippen LogP contribution in [0.1, 0.15) is 83.0 Å². The molecule has 0 radical (unpaired) electrons. The van der Waals surface area contributed by atoms with Crippen LogP contribution in [0, 0.1) is 6.92 Å². The van der Waals surface area contributed by atoms with E-state index < -0.39 is 0 Å². The van der Waals surface area contributed by atoms with E-state index in [0.29, 0.717) is 17.5 Å². The minimum atomic E-state index is -0.215. The number of para-hydroxylation sites is 2. The van der Waals surface area contributed by atoms with Crippen molar-refractivity contribution in [1.29, 1.82) is 0 Å². The van der Waals surface area contributed by atoms with Gasteiger partial charge in [0.15, 0.2) is 0 Å². The van der Waals surface area contributed by atoms with Crippen molar-refractivity contribution in [3.63, 3.8) is 0 Å². The van der Waals surface area contributed by atoms with E-state index in [9.17, 15) is 9.59 Å². The molecule has 1 aliphatic rings. The van der Waals surface area contributed by atoms with Crippen LogP contribution < -0.4 is 9.80 Å². The first-order valence-electron chi connectivity index (χ1n) is 14.4. The summed E-state index contributed by atoms with van der Waals surface area (Å²) in [7, 11) is 0. The van der Waals surface area contributed by atoms with Gasteiger partial charge in [0.25, 0.3) is 11.8 Å². The SMILES string of the molecule is CCCCCc1ccc(C(=O)N2c3ccccc3[C@H](N(C(=O)c3ccc(C)cc3)c3ccccc3)C[C@H]2C)cc1. The molecule has 0 aromatic heterocycles. The Bertz CT molecular complexity index is 1440. The summed E-state index contributed by atoms with van der Waals surface area (Å²) in [5.74, 6) is -0.0497. The number of benzene rings is 4. The number of hydrogen-bond acceptors (Lipinski definition) is 2. The minimum absolute atomic E-state index is 0.00497. The molecule has 4 heteroatoms. The molecule has 204 valence electrons. The smallest absolute Gasteiger partial charge is 0.258 e. The zero-order valence-electron chi connectivity index (χ0n) is 23.7. The predicted octanol–water partition coefficient (Wildman–Crippen LogP) is 8.55. The Morgan fingerprint density at radius 1 is 0.800 bits per heavy atom. The quantitative estimate of drug-likeness (QED) is 0.214. The zero-order valence-corrected chi connectivity index (χ0v) is 23.7. The van der Waals surface area contributed by atoms with Crippen LogP contribution in [0.4, 0.5) is 11.4 Å². The molecule has 1 aliphatic heterocycles. The summed E-state index contributed by atoms with van der Waals surface area (Å²) < 4.78 is 0.